The predicted molar refractivity (Wildman–Crippen MR) is 58.2 cm³/mol. The van der Waals surface area contributed by atoms with Crippen LogP contribution in [0.15, 0.2) is 18.2 Å². The molecule has 0 aromatic heterocycles. The summed E-state index contributed by atoms with van der Waals surface area (Å²) in [5.74, 6) is 0.226. The van der Waals surface area contributed by atoms with E-state index in [0.29, 0.717) is 12.3 Å². The Labute approximate surface area is 89.9 Å². The van der Waals surface area contributed by atoms with E-state index in [1.54, 1.807) is 6.07 Å². The van der Waals surface area contributed by atoms with Crippen LogP contribution in [0.2, 0.25) is 0 Å². The fourth-order valence-corrected chi connectivity index (χ4v) is 2.09. The highest BCUT2D eigenvalue weighted by Crippen LogP contribution is 2.41. The summed E-state index contributed by atoms with van der Waals surface area (Å²) < 4.78 is 12.9. The molecule has 2 rings (SSSR count). The maximum Gasteiger partial charge on any atom is 0.123 e. The molecule has 1 aromatic carbocycles. The Hall–Kier alpha value is -0.890. The van der Waals surface area contributed by atoms with Crippen LogP contribution in [0, 0.1) is 18.7 Å². The van der Waals surface area contributed by atoms with Gasteiger partial charge < -0.3 is 5.11 Å². The monoisotopic (exact) mass is 208 g/mol. The second-order valence-corrected chi connectivity index (χ2v) is 4.88. The van der Waals surface area contributed by atoms with Gasteiger partial charge in [0.15, 0.2) is 0 Å². The first-order valence-corrected chi connectivity index (χ1v) is 5.46. The molecule has 15 heavy (non-hydrogen) atoms. The van der Waals surface area contributed by atoms with Crippen LogP contribution in [0.25, 0.3) is 0 Å². The second kappa shape index (κ2) is 3.60. The molecule has 1 atom stereocenters. The molecule has 0 radical (unpaired) electrons. The van der Waals surface area contributed by atoms with Gasteiger partial charge in [-0.05, 0) is 55.9 Å². The number of hydrogen-bond acceptors (Lipinski definition) is 1. The zero-order chi connectivity index (χ0) is 11.1. The lowest BCUT2D eigenvalue weighted by molar-refractivity contribution is 0.0370. The van der Waals surface area contributed by atoms with E-state index >= 15 is 0 Å². The van der Waals surface area contributed by atoms with Crippen molar-refractivity contribution in [2.24, 2.45) is 5.92 Å². The molecule has 0 bridgehead atoms. The maximum absolute atomic E-state index is 12.9. The van der Waals surface area contributed by atoms with E-state index in [0.717, 1.165) is 24.0 Å². The molecule has 1 saturated carbocycles. The highest BCUT2D eigenvalue weighted by Gasteiger charge is 2.39. The molecule has 1 aliphatic rings. The van der Waals surface area contributed by atoms with Crippen LogP contribution in [0.5, 0.6) is 0 Å². The van der Waals surface area contributed by atoms with E-state index in [-0.39, 0.29) is 5.82 Å². The molecule has 1 aliphatic carbocycles. The zero-order valence-electron chi connectivity index (χ0n) is 9.26. The minimum Gasteiger partial charge on any atom is -0.390 e. The molecule has 1 aromatic rings. The van der Waals surface area contributed by atoms with Gasteiger partial charge in [-0.3, -0.25) is 0 Å². The summed E-state index contributed by atoms with van der Waals surface area (Å²) in [6.45, 7) is 3.77. The minimum absolute atomic E-state index is 0.206. The van der Waals surface area contributed by atoms with Gasteiger partial charge in [0.05, 0.1) is 5.60 Å². The molecule has 1 unspecified atom stereocenters. The first kappa shape index (κ1) is 10.6. The molecule has 0 heterocycles. The van der Waals surface area contributed by atoms with Crippen molar-refractivity contribution in [1.29, 1.82) is 0 Å². The van der Waals surface area contributed by atoms with Gasteiger partial charge in [0.2, 0.25) is 0 Å². The fourth-order valence-electron chi connectivity index (χ4n) is 2.09. The molecule has 82 valence electrons. The summed E-state index contributed by atoms with van der Waals surface area (Å²) in [6, 6.07) is 4.77. The Kier molecular flexibility index (Phi) is 2.55. The van der Waals surface area contributed by atoms with E-state index in [1.807, 2.05) is 13.8 Å². The highest BCUT2D eigenvalue weighted by atomic mass is 19.1. The van der Waals surface area contributed by atoms with Gasteiger partial charge in [-0.15, -0.1) is 0 Å². The van der Waals surface area contributed by atoms with E-state index in [9.17, 15) is 9.50 Å². The first-order chi connectivity index (χ1) is 6.99. The van der Waals surface area contributed by atoms with Gasteiger partial charge in [0.1, 0.15) is 5.82 Å². The Morgan fingerprint density at radius 1 is 1.47 bits per heavy atom. The van der Waals surface area contributed by atoms with Crippen LogP contribution in [0.4, 0.5) is 4.39 Å². The lowest BCUT2D eigenvalue weighted by atomic mass is 9.90. The fraction of sp³-hybridized carbons (Fsp3) is 0.538. The van der Waals surface area contributed by atoms with Crippen molar-refractivity contribution in [3.63, 3.8) is 0 Å². The highest BCUT2D eigenvalue weighted by molar-refractivity contribution is 5.28. The average Bonchev–Trinajstić information content (AvgIpc) is 2.92. The third-order valence-corrected chi connectivity index (χ3v) is 3.31. The Balaban J connectivity index is 2.16. The van der Waals surface area contributed by atoms with Gasteiger partial charge in [-0.2, -0.15) is 0 Å². The zero-order valence-corrected chi connectivity index (χ0v) is 9.26. The van der Waals surface area contributed by atoms with Crippen molar-refractivity contribution >= 4 is 0 Å². The lowest BCUT2D eigenvalue weighted by Gasteiger charge is -2.23. The summed E-state index contributed by atoms with van der Waals surface area (Å²) in [4.78, 5) is 0. The van der Waals surface area contributed by atoms with Crippen LogP contribution >= 0.6 is 0 Å². The van der Waals surface area contributed by atoms with Gasteiger partial charge in [0.25, 0.3) is 0 Å². The third kappa shape index (κ3) is 2.37. The SMILES string of the molecule is Cc1cc(F)ccc1CC(C)(O)C1CC1. The summed E-state index contributed by atoms with van der Waals surface area (Å²) >= 11 is 0. The molecular formula is C13H17FO. The van der Waals surface area contributed by atoms with Gasteiger partial charge in [-0.25, -0.2) is 4.39 Å². The van der Waals surface area contributed by atoms with Gasteiger partial charge >= 0.3 is 0 Å². The van der Waals surface area contributed by atoms with Gasteiger partial charge in [-0.1, -0.05) is 6.07 Å². The number of hydrogen-bond donors (Lipinski definition) is 1. The van der Waals surface area contributed by atoms with Crippen molar-refractivity contribution in [1.82, 2.24) is 0 Å². The third-order valence-electron chi connectivity index (χ3n) is 3.31. The largest absolute Gasteiger partial charge is 0.390 e. The van der Waals surface area contributed by atoms with Crippen LogP contribution in [0.1, 0.15) is 30.9 Å². The van der Waals surface area contributed by atoms with Gasteiger partial charge in [0, 0.05) is 6.42 Å². The molecule has 0 saturated heterocycles. The topological polar surface area (TPSA) is 20.2 Å². The molecule has 0 spiro atoms. The minimum atomic E-state index is -0.622. The first-order valence-electron chi connectivity index (χ1n) is 5.46. The Morgan fingerprint density at radius 3 is 2.67 bits per heavy atom. The molecule has 0 aliphatic heterocycles. The standard InChI is InChI=1S/C13H17FO/c1-9-7-12(14)6-3-10(9)8-13(2,15)11-4-5-11/h3,6-7,11,15H,4-5,8H2,1-2H3. The summed E-state index contributed by atoms with van der Waals surface area (Å²) in [7, 11) is 0. The molecule has 0 amide bonds. The quantitative estimate of drug-likeness (QED) is 0.809. The van der Waals surface area contributed by atoms with E-state index in [4.69, 9.17) is 0 Å². The summed E-state index contributed by atoms with van der Waals surface area (Å²) in [5.41, 5.74) is 1.35. The number of aliphatic hydroxyl groups is 1. The number of aryl methyl sites for hydroxylation is 1. The molecular weight excluding hydrogens is 191 g/mol. The molecule has 1 N–H and O–H groups in total. The van der Waals surface area contributed by atoms with Crippen molar-refractivity contribution in [3.05, 3.63) is 35.1 Å². The normalized spacial score (nSPS) is 20.0. The average molecular weight is 208 g/mol. The second-order valence-electron chi connectivity index (χ2n) is 4.88. The molecule has 2 heteroatoms. The van der Waals surface area contributed by atoms with Crippen molar-refractivity contribution < 1.29 is 9.50 Å². The van der Waals surface area contributed by atoms with E-state index in [2.05, 4.69) is 0 Å². The van der Waals surface area contributed by atoms with Crippen molar-refractivity contribution in [3.8, 4) is 0 Å². The number of benzene rings is 1. The smallest absolute Gasteiger partial charge is 0.123 e. The Bertz CT molecular complexity index is 367. The molecule has 1 fully saturated rings. The van der Waals surface area contributed by atoms with Crippen LogP contribution in [-0.2, 0) is 6.42 Å². The van der Waals surface area contributed by atoms with Crippen LogP contribution in [-0.4, -0.2) is 10.7 Å². The number of rotatable bonds is 3. The predicted octanol–water partition coefficient (Wildman–Crippen LogP) is 2.84. The van der Waals surface area contributed by atoms with Crippen molar-refractivity contribution in [2.75, 3.05) is 0 Å². The summed E-state index contributed by atoms with van der Waals surface area (Å²) in [5, 5.41) is 10.2. The van der Waals surface area contributed by atoms with Crippen LogP contribution < -0.4 is 0 Å². The lowest BCUT2D eigenvalue weighted by Crippen LogP contribution is -2.30. The number of halogens is 1. The molecule has 1 nitrogen and oxygen atoms in total. The summed E-state index contributed by atoms with van der Waals surface area (Å²) in [6.07, 6.45) is 2.87. The van der Waals surface area contributed by atoms with Crippen molar-refractivity contribution in [2.45, 2.75) is 38.7 Å². The maximum atomic E-state index is 12.9. The van der Waals surface area contributed by atoms with E-state index in [1.165, 1.54) is 12.1 Å². The van der Waals surface area contributed by atoms with E-state index < -0.39 is 5.60 Å². The van der Waals surface area contributed by atoms with Crippen LogP contribution in [0.3, 0.4) is 0 Å². The Morgan fingerprint density at radius 2 is 2.13 bits per heavy atom.